The highest BCUT2D eigenvalue weighted by Crippen LogP contribution is 2.12. The molecule has 8 nitrogen and oxygen atoms in total. The summed E-state index contributed by atoms with van der Waals surface area (Å²) in [6, 6.07) is 0. The Balaban J connectivity index is 1.83. The third-order valence-corrected chi connectivity index (χ3v) is 3.22. The second kappa shape index (κ2) is 8.14. The predicted molar refractivity (Wildman–Crippen MR) is 91.8 cm³/mol. The Morgan fingerprint density at radius 2 is 1.12 bits per heavy atom. The summed E-state index contributed by atoms with van der Waals surface area (Å²) in [7, 11) is 0. The van der Waals surface area contributed by atoms with E-state index in [1.807, 2.05) is 9.80 Å². The molecule has 0 aromatic rings. The van der Waals surface area contributed by atoms with Gasteiger partial charge in [0.2, 0.25) is 0 Å². The van der Waals surface area contributed by atoms with E-state index in [1.165, 1.54) is 0 Å². The largest absolute Gasteiger partial charge is 0.380 e. The van der Waals surface area contributed by atoms with E-state index >= 15 is 0 Å². The maximum Gasteiger partial charge on any atom is 0.175 e. The van der Waals surface area contributed by atoms with Crippen molar-refractivity contribution < 1.29 is 0 Å². The predicted octanol–water partition coefficient (Wildman–Crippen LogP) is 1.55. The fourth-order valence-electron chi connectivity index (χ4n) is 1.87. The van der Waals surface area contributed by atoms with Crippen LogP contribution in [-0.2, 0) is 0 Å². The molecular formula is C16H16N6O2. The molecule has 0 aromatic carbocycles. The minimum absolute atomic E-state index is 0.0456. The van der Waals surface area contributed by atoms with Crippen molar-refractivity contribution in [1.82, 2.24) is 9.80 Å². The molecule has 8 heteroatoms. The smallest absolute Gasteiger partial charge is 0.175 e. The van der Waals surface area contributed by atoms with Crippen LogP contribution < -0.4 is 11.5 Å². The van der Waals surface area contributed by atoms with Gasteiger partial charge >= 0.3 is 0 Å². The van der Waals surface area contributed by atoms with Crippen molar-refractivity contribution in [3.8, 4) is 11.8 Å². The van der Waals surface area contributed by atoms with Gasteiger partial charge in [-0.15, -0.1) is 9.81 Å². The van der Waals surface area contributed by atoms with Crippen LogP contribution in [0.3, 0.4) is 0 Å². The number of allylic oxidation sites excluding steroid dienone is 6. The summed E-state index contributed by atoms with van der Waals surface area (Å²) in [5.41, 5.74) is 12.0. The second-order valence-corrected chi connectivity index (χ2v) is 4.82. The molecule has 0 saturated carbocycles. The Hall–Kier alpha value is -3.60. The standard InChI is InChI=1S/C16H16N6O2/c17-15(19-23)13-3-9-21(10-4-13)7-1-2-8-22-11-5-14(6-12-22)16(18)20-24/h3-6,9-12H,7-8,17-18H2. The average molecular weight is 324 g/mol. The van der Waals surface area contributed by atoms with E-state index in [2.05, 4.69) is 22.2 Å². The highest BCUT2D eigenvalue weighted by atomic mass is 16.3. The van der Waals surface area contributed by atoms with E-state index in [-0.39, 0.29) is 11.6 Å². The van der Waals surface area contributed by atoms with Crippen molar-refractivity contribution in [2.75, 3.05) is 13.1 Å². The fourth-order valence-corrected chi connectivity index (χ4v) is 1.87. The summed E-state index contributed by atoms with van der Waals surface area (Å²) in [5, 5.41) is 5.38. The van der Waals surface area contributed by atoms with Gasteiger partial charge < -0.3 is 21.3 Å². The van der Waals surface area contributed by atoms with E-state index in [9.17, 15) is 9.81 Å². The monoisotopic (exact) mass is 324 g/mol. The van der Waals surface area contributed by atoms with Gasteiger partial charge in [0.25, 0.3) is 0 Å². The topological polar surface area (TPSA) is 117 Å². The minimum Gasteiger partial charge on any atom is -0.380 e. The van der Waals surface area contributed by atoms with E-state index in [4.69, 9.17) is 11.5 Å². The van der Waals surface area contributed by atoms with Crippen molar-refractivity contribution in [3.05, 3.63) is 81.7 Å². The molecule has 122 valence electrons. The zero-order valence-corrected chi connectivity index (χ0v) is 12.8. The maximum absolute atomic E-state index is 10.3. The second-order valence-electron chi connectivity index (χ2n) is 4.82. The van der Waals surface area contributed by atoms with E-state index in [0.717, 1.165) is 0 Å². The van der Waals surface area contributed by atoms with Gasteiger partial charge in [-0.25, -0.2) is 0 Å². The van der Waals surface area contributed by atoms with E-state index < -0.39 is 0 Å². The van der Waals surface area contributed by atoms with Crippen molar-refractivity contribution in [3.63, 3.8) is 0 Å². The van der Waals surface area contributed by atoms with Crippen LogP contribution in [0.5, 0.6) is 0 Å². The quantitative estimate of drug-likeness (QED) is 0.598. The van der Waals surface area contributed by atoms with Crippen LogP contribution in [0, 0.1) is 21.7 Å². The molecule has 0 atom stereocenters. The fraction of sp³-hybridized carbons (Fsp3) is 0.125. The highest BCUT2D eigenvalue weighted by Gasteiger charge is 2.04. The summed E-state index contributed by atoms with van der Waals surface area (Å²) in [4.78, 5) is 24.4. The number of nitrogens with zero attached hydrogens (tertiary/aromatic N) is 4. The molecular weight excluding hydrogens is 308 g/mol. The Labute approximate surface area is 139 Å². The van der Waals surface area contributed by atoms with Crippen LogP contribution in [0.4, 0.5) is 0 Å². The Bertz CT molecular complexity index is 667. The molecule has 0 fully saturated rings. The molecule has 24 heavy (non-hydrogen) atoms. The van der Waals surface area contributed by atoms with E-state index in [0.29, 0.717) is 24.2 Å². The molecule has 0 saturated heterocycles. The Kier molecular flexibility index (Phi) is 5.69. The van der Waals surface area contributed by atoms with Crippen LogP contribution >= 0.6 is 0 Å². The third kappa shape index (κ3) is 4.45. The van der Waals surface area contributed by atoms with Crippen LogP contribution in [0.2, 0.25) is 0 Å². The van der Waals surface area contributed by atoms with Crippen molar-refractivity contribution in [1.29, 1.82) is 0 Å². The van der Waals surface area contributed by atoms with E-state index in [1.54, 1.807) is 49.1 Å². The number of hydrogen-bond acceptors (Lipinski definition) is 8. The molecule has 4 N–H and O–H groups in total. The van der Waals surface area contributed by atoms with Crippen molar-refractivity contribution >= 4 is 0 Å². The lowest BCUT2D eigenvalue weighted by atomic mass is 10.2. The summed E-state index contributed by atoms with van der Waals surface area (Å²) in [5.74, 6) is 5.97. The van der Waals surface area contributed by atoms with Crippen LogP contribution in [0.15, 0.2) is 82.2 Å². The molecule has 2 aliphatic heterocycles. The normalized spacial score (nSPS) is 15.2. The summed E-state index contributed by atoms with van der Waals surface area (Å²) >= 11 is 0. The Morgan fingerprint density at radius 3 is 1.42 bits per heavy atom. The Morgan fingerprint density at radius 1 is 0.792 bits per heavy atom. The number of hydrogen-bond donors (Lipinski definition) is 2. The first-order chi connectivity index (χ1) is 11.6. The molecule has 0 aromatic heterocycles. The van der Waals surface area contributed by atoms with Gasteiger partial charge in [0.1, 0.15) is 0 Å². The average Bonchev–Trinajstić information content (AvgIpc) is 2.65. The molecule has 2 aliphatic rings. The molecule has 0 spiro atoms. The van der Waals surface area contributed by atoms with Crippen LogP contribution in [-0.4, -0.2) is 22.9 Å². The van der Waals surface area contributed by atoms with Gasteiger partial charge in [-0.2, -0.15) is 0 Å². The molecule has 0 unspecified atom stereocenters. The number of nitroso groups, excluding NO2 is 2. The lowest BCUT2D eigenvalue weighted by Crippen LogP contribution is -2.15. The SMILES string of the molecule is NC(N=O)=C1C=CN(CC#CCN2C=CC(=C(N)N=O)C=C2)C=C1. The summed E-state index contributed by atoms with van der Waals surface area (Å²) in [6.45, 7) is 1.01. The van der Waals surface area contributed by atoms with Gasteiger partial charge in [-0.1, -0.05) is 11.8 Å². The lowest BCUT2D eigenvalue weighted by Gasteiger charge is -2.16. The summed E-state index contributed by atoms with van der Waals surface area (Å²) < 4.78 is 0. The van der Waals surface area contributed by atoms with Crippen LogP contribution in [0.25, 0.3) is 0 Å². The van der Waals surface area contributed by atoms with Crippen LogP contribution in [0.1, 0.15) is 0 Å². The van der Waals surface area contributed by atoms with Gasteiger partial charge in [0.05, 0.1) is 13.1 Å². The number of nitrogens with two attached hydrogens (primary N) is 2. The van der Waals surface area contributed by atoms with Gasteiger partial charge in [0.15, 0.2) is 11.6 Å². The number of rotatable bonds is 4. The molecule has 0 amide bonds. The molecule has 0 radical (unpaired) electrons. The first-order valence-electron chi connectivity index (χ1n) is 7.00. The van der Waals surface area contributed by atoms with Crippen molar-refractivity contribution in [2.45, 2.75) is 0 Å². The zero-order valence-electron chi connectivity index (χ0n) is 12.8. The molecule has 0 bridgehead atoms. The molecule has 2 rings (SSSR count). The van der Waals surface area contributed by atoms with Crippen molar-refractivity contribution in [2.24, 2.45) is 21.8 Å². The zero-order chi connectivity index (χ0) is 17.4. The third-order valence-electron chi connectivity index (χ3n) is 3.22. The summed E-state index contributed by atoms with van der Waals surface area (Å²) in [6.07, 6.45) is 13.9. The molecule has 0 aliphatic carbocycles. The lowest BCUT2D eigenvalue weighted by molar-refractivity contribution is 0.560. The minimum atomic E-state index is -0.0456. The van der Waals surface area contributed by atoms with Gasteiger partial charge in [-0.3, -0.25) is 0 Å². The first-order valence-corrected chi connectivity index (χ1v) is 7.00. The van der Waals surface area contributed by atoms with Gasteiger partial charge in [-0.05, 0) is 34.7 Å². The highest BCUT2D eigenvalue weighted by molar-refractivity contribution is 5.38. The van der Waals surface area contributed by atoms with Gasteiger partial charge in [0, 0.05) is 35.9 Å². The maximum atomic E-state index is 10.3. The first kappa shape index (κ1) is 16.8. The molecule has 2 heterocycles.